The molecule has 0 aromatic heterocycles. The Hall–Kier alpha value is 0.912. The summed E-state index contributed by atoms with van der Waals surface area (Å²) in [7, 11) is -6.18. The van der Waals surface area contributed by atoms with Gasteiger partial charge in [0.15, 0.2) is 0 Å². The quantitative estimate of drug-likeness (QED) is 0.0452. The van der Waals surface area contributed by atoms with Crippen molar-refractivity contribution in [3.8, 4) is 0 Å². The molecule has 55 heavy (non-hydrogen) atoms. The van der Waals surface area contributed by atoms with E-state index in [1.54, 1.807) is 0 Å². The Morgan fingerprint density at radius 3 is 0.473 bits per heavy atom. The molecule has 0 N–H and O–H groups in total. The molecule has 0 unspecified atom stereocenters. The number of rotatable bonds is 44. The van der Waals surface area contributed by atoms with Gasteiger partial charge in [0.05, 0.1) is 0 Å². The van der Waals surface area contributed by atoms with Crippen LogP contribution in [0.4, 0.5) is 0 Å². The molecule has 0 aromatic carbocycles. The van der Waals surface area contributed by atoms with Gasteiger partial charge in [0.1, 0.15) is 0 Å². The average Bonchev–Trinajstić information content (AvgIpc) is 3.15. The third-order valence-electron chi connectivity index (χ3n) is 11.4. The molecule has 7 heteroatoms. The van der Waals surface area contributed by atoms with Crippen molar-refractivity contribution >= 4 is 14.7 Å². The molecule has 0 radical (unpaired) electrons. The van der Waals surface area contributed by atoms with Crippen LogP contribution in [0.25, 0.3) is 0 Å². The maximum Gasteiger partial charge on any atom is 2.00 e. The van der Waals surface area contributed by atoms with Crippen LogP contribution in [0.2, 0.25) is 0 Å². The van der Waals surface area contributed by atoms with E-state index < -0.39 is 14.7 Å². The predicted octanol–water partition coefficient (Wildman–Crippen LogP) is 16.9. The van der Waals surface area contributed by atoms with E-state index in [2.05, 4.69) is 27.7 Å². The molecule has 0 heterocycles. The third-order valence-corrected chi connectivity index (χ3v) is 15.4. The normalized spacial score (nSPS) is 11.7. The van der Waals surface area contributed by atoms with Crippen LogP contribution in [0, 0.1) is 0 Å². The number of hydrogen-bond acceptors (Lipinski definition) is 4. The number of hydrogen-bond donors (Lipinski definition) is 0. The standard InChI is InChI=1S/2C24H51O2P.Cr/c2*1-3-5-7-9-11-13-15-17-19-21-23-27(25,26)24-22-20-18-16-14-12-10-8-6-4-2;/h2*3-24H2,1-2H3,(H,25,26);/q;;+2/p-2. The van der Waals surface area contributed by atoms with Crippen molar-refractivity contribution in [2.24, 2.45) is 0 Å². The second-order valence-electron chi connectivity index (χ2n) is 17.3. The monoisotopic (exact) mass is 855 g/mol. The van der Waals surface area contributed by atoms with Gasteiger partial charge in [-0.05, 0) is 50.3 Å². The Morgan fingerprint density at radius 1 is 0.236 bits per heavy atom. The molecule has 0 amide bonds. The summed E-state index contributed by atoms with van der Waals surface area (Å²) in [6.45, 7) is 9.02. The summed E-state index contributed by atoms with van der Waals surface area (Å²) in [6, 6.07) is 0. The SMILES string of the molecule is CCCCCCCCCCCCP(=O)([O-])CCCCCCCCCCCC.CCCCCCCCCCCCP(=O)([O-])CCCCCCCCCCCC.[Cr+2]. The van der Waals surface area contributed by atoms with E-state index in [-0.39, 0.29) is 17.4 Å². The molecule has 0 aromatic rings. The first-order valence-electron chi connectivity index (χ1n) is 24.8. The molecule has 0 aliphatic heterocycles. The maximum atomic E-state index is 12.1. The minimum absolute atomic E-state index is 0. The van der Waals surface area contributed by atoms with E-state index in [4.69, 9.17) is 0 Å². The molecule has 0 aliphatic carbocycles. The van der Waals surface area contributed by atoms with Crippen LogP contribution >= 0.6 is 14.7 Å². The molecule has 0 saturated heterocycles. The fraction of sp³-hybridized carbons (Fsp3) is 1.00. The largest absolute Gasteiger partial charge is 2.00 e. The van der Waals surface area contributed by atoms with E-state index in [0.717, 1.165) is 51.4 Å². The van der Waals surface area contributed by atoms with Gasteiger partial charge >= 0.3 is 17.4 Å². The van der Waals surface area contributed by atoms with Gasteiger partial charge in [0.2, 0.25) is 0 Å². The summed E-state index contributed by atoms with van der Waals surface area (Å²) in [6.07, 6.45) is 52.3. The Kier molecular flexibility index (Phi) is 54.0. The molecule has 0 fully saturated rings. The molecule has 332 valence electrons. The van der Waals surface area contributed by atoms with Crippen molar-refractivity contribution in [1.29, 1.82) is 0 Å². The van der Waals surface area contributed by atoms with Gasteiger partial charge in [-0.2, -0.15) is 0 Å². The first-order chi connectivity index (χ1) is 26.2. The first-order valence-corrected chi connectivity index (χ1v) is 28.8. The third kappa shape index (κ3) is 54.9. The zero-order valence-electron chi connectivity index (χ0n) is 38.0. The summed E-state index contributed by atoms with van der Waals surface area (Å²) in [5, 5.41) is 0. The minimum Gasteiger partial charge on any atom is -0.799 e. The van der Waals surface area contributed by atoms with Crippen LogP contribution in [0.3, 0.4) is 0 Å². The molecule has 0 aliphatic rings. The topological polar surface area (TPSA) is 80.3 Å². The van der Waals surface area contributed by atoms with Crippen molar-refractivity contribution in [3.63, 3.8) is 0 Å². The van der Waals surface area contributed by atoms with Gasteiger partial charge in [0.25, 0.3) is 0 Å². The summed E-state index contributed by atoms with van der Waals surface area (Å²) in [5.74, 6) is 0. The smallest absolute Gasteiger partial charge is 0.799 e. The van der Waals surface area contributed by atoms with Crippen molar-refractivity contribution in [2.75, 3.05) is 24.6 Å². The minimum atomic E-state index is -3.09. The molecular weight excluding hydrogens is 754 g/mol. The second kappa shape index (κ2) is 49.3. The Balaban J connectivity index is -0.000000966. The van der Waals surface area contributed by atoms with E-state index in [0.29, 0.717) is 24.6 Å². The van der Waals surface area contributed by atoms with Crippen LogP contribution in [0.15, 0.2) is 0 Å². The predicted molar refractivity (Wildman–Crippen MR) is 242 cm³/mol. The summed E-state index contributed by atoms with van der Waals surface area (Å²) in [5.41, 5.74) is 0. The summed E-state index contributed by atoms with van der Waals surface area (Å²) < 4.78 is 24.3. The van der Waals surface area contributed by atoms with Crippen molar-refractivity contribution in [3.05, 3.63) is 0 Å². The van der Waals surface area contributed by atoms with E-state index in [1.807, 2.05) is 0 Å². The first kappa shape index (κ1) is 60.2. The maximum absolute atomic E-state index is 12.1. The molecule has 0 spiro atoms. The molecule has 0 saturated carbocycles. The van der Waals surface area contributed by atoms with Gasteiger partial charge < -0.3 is 18.9 Å². The van der Waals surface area contributed by atoms with E-state index >= 15 is 0 Å². The van der Waals surface area contributed by atoms with Gasteiger partial charge in [-0.15, -0.1) is 0 Å². The van der Waals surface area contributed by atoms with Crippen molar-refractivity contribution in [1.82, 2.24) is 0 Å². The molecule has 0 atom stereocenters. The Bertz CT molecular complexity index is 676. The van der Waals surface area contributed by atoms with Crippen molar-refractivity contribution < 1.29 is 36.3 Å². The summed E-state index contributed by atoms with van der Waals surface area (Å²) in [4.78, 5) is 24.3. The van der Waals surface area contributed by atoms with E-state index in [1.165, 1.54) is 205 Å². The van der Waals surface area contributed by atoms with E-state index in [9.17, 15) is 18.9 Å². The average molecular weight is 855 g/mol. The van der Waals surface area contributed by atoms with Crippen molar-refractivity contribution in [2.45, 2.75) is 285 Å². The Morgan fingerprint density at radius 2 is 0.345 bits per heavy atom. The molecule has 0 bridgehead atoms. The van der Waals surface area contributed by atoms with Gasteiger partial charge in [-0.25, -0.2) is 0 Å². The molecular formula is C48H100CrO4P2. The molecule has 0 rings (SSSR count). The second-order valence-corrected chi connectivity index (χ2v) is 22.3. The zero-order chi connectivity index (χ0) is 40.1. The fourth-order valence-electron chi connectivity index (χ4n) is 7.58. The van der Waals surface area contributed by atoms with Crippen LogP contribution < -0.4 is 9.79 Å². The van der Waals surface area contributed by atoms with Crippen LogP contribution in [0.1, 0.15) is 285 Å². The summed E-state index contributed by atoms with van der Waals surface area (Å²) >= 11 is 0. The fourth-order valence-corrected chi connectivity index (χ4v) is 10.9. The van der Waals surface area contributed by atoms with Gasteiger partial charge in [-0.1, -0.05) is 259 Å². The number of unbranched alkanes of at least 4 members (excludes halogenated alkanes) is 36. The van der Waals surface area contributed by atoms with Crippen LogP contribution in [-0.4, -0.2) is 24.6 Å². The van der Waals surface area contributed by atoms with Gasteiger partial charge in [0, 0.05) is 14.7 Å². The van der Waals surface area contributed by atoms with Crippen LogP contribution in [-0.2, 0) is 26.5 Å². The zero-order valence-corrected chi connectivity index (χ0v) is 41.1. The Labute approximate surface area is 358 Å². The van der Waals surface area contributed by atoms with Gasteiger partial charge in [-0.3, -0.25) is 0 Å². The molecule has 4 nitrogen and oxygen atoms in total. The van der Waals surface area contributed by atoms with Crippen LogP contribution in [0.5, 0.6) is 0 Å².